The molecule has 0 spiro atoms. The van der Waals surface area contributed by atoms with E-state index in [2.05, 4.69) is 32.4 Å². The van der Waals surface area contributed by atoms with E-state index < -0.39 is 17.9 Å². The third-order valence-electron chi connectivity index (χ3n) is 7.82. The van der Waals surface area contributed by atoms with Gasteiger partial charge < -0.3 is 40.5 Å². The Hall–Kier alpha value is -1.92. The van der Waals surface area contributed by atoms with Gasteiger partial charge in [-0.15, -0.1) is 13.1 Å². The van der Waals surface area contributed by atoms with Crippen molar-refractivity contribution in [2.45, 2.75) is 25.7 Å². The van der Waals surface area contributed by atoms with E-state index in [1.807, 2.05) is 21.7 Å². The zero-order valence-corrected chi connectivity index (χ0v) is 29.3. The van der Waals surface area contributed by atoms with E-state index in [-0.39, 0.29) is 36.7 Å². The number of nitrogens with zero attached hydrogens (tertiary/aromatic N) is 7. The van der Waals surface area contributed by atoms with Gasteiger partial charge in [-0.25, -0.2) is 0 Å². The van der Waals surface area contributed by atoms with Crippen LogP contribution >= 0.6 is 0 Å². The molecule has 2 saturated heterocycles. The van der Waals surface area contributed by atoms with E-state index >= 15 is 0 Å². The van der Waals surface area contributed by atoms with Gasteiger partial charge in [-0.3, -0.25) is 38.8 Å². The minimum Gasteiger partial charge on any atom is -0.661 e. The van der Waals surface area contributed by atoms with Crippen LogP contribution in [0.25, 0.3) is 5.32 Å². The molecule has 2 aliphatic rings. The fourth-order valence-corrected chi connectivity index (χ4v) is 5.26. The van der Waals surface area contributed by atoms with Crippen molar-refractivity contribution in [3.05, 3.63) is 5.32 Å². The van der Waals surface area contributed by atoms with Crippen molar-refractivity contribution in [3.8, 4) is 0 Å². The van der Waals surface area contributed by atoms with E-state index in [0.29, 0.717) is 32.8 Å². The topological polar surface area (TPSA) is 184 Å². The van der Waals surface area contributed by atoms with Crippen LogP contribution in [0, 0.1) is 0 Å². The van der Waals surface area contributed by atoms with Gasteiger partial charge in [-0.05, 0) is 72.6 Å². The van der Waals surface area contributed by atoms with Gasteiger partial charge in [0.15, 0.2) is 0 Å². The Bertz CT molecular complexity index is 850. The molecule has 4 N–H and O–H groups in total. The van der Waals surface area contributed by atoms with Crippen molar-refractivity contribution >= 4 is 24.4 Å². The first-order valence-electron chi connectivity index (χ1n) is 16.4. The van der Waals surface area contributed by atoms with Crippen LogP contribution in [-0.4, -0.2) is 214 Å². The fraction of sp³-hybridized carbons (Fsp3) is 0.867. The summed E-state index contributed by atoms with van der Waals surface area (Å²) in [6.45, 7) is 13.6. The van der Waals surface area contributed by atoms with Crippen LogP contribution < -0.4 is 5.32 Å². The molecule has 1 radical (unpaired) electrons. The summed E-state index contributed by atoms with van der Waals surface area (Å²) in [6, 6.07) is 0. The zero-order chi connectivity index (χ0) is 34.0. The molecule has 2 rings (SSSR count). The summed E-state index contributed by atoms with van der Waals surface area (Å²) < 4.78 is 4.87. The quantitative estimate of drug-likeness (QED) is 0.167. The monoisotopic (exact) mass is 722 g/mol. The molecule has 2 fully saturated rings. The Kier molecular flexibility index (Phi) is 27.8. The molecule has 0 aromatic rings. The molecule has 0 aromatic heterocycles. The number of carboxylic acid groups (broad SMARTS) is 3. The van der Waals surface area contributed by atoms with Crippen LogP contribution in [0.5, 0.6) is 0 Å². The number of ether oxygens (including phenoxy) is 1. The van der Waals surface area contributed by atoms with Gasteiger partial charge in [0.25, 0.3) is 6.47 Å². The van der Waals surface area contributed by atoms with Crippen molar-refractivity contribution in [1.29, 1.82) is 0 Å². The van der Waals surface area contributed by atoms with E-state index in [1.54, 1.807) is 0 Å². The van der Waals surface area contributed by atoms with Crippen molar-refractivity contribution in [2.75, 3.05) is 145 Å². The van der Waals surface area contributed by atoms with Gasteiger partial charge in [0, 0.05) is 69.4 Å². The molecule has 17 heteroatoms. The van der Waals surface area contributed by atoms with Gasteiger partial charge in [-0.2, -0.15) is 0 Å². The number of carboxylic acids is 3. The molecule has 2 heterocycles. The molecule has 47 heavy (non-hydrogen) atoms. The average molecular weight is 723 g/mol. The molecule has 0 amide bonds. The maximum atomic E-state index is 10.9. The molecule has 2 aliphatic heterocycles. The first kappa shape index (κ1) is 45.1. The largest absolute Gasteiger partial charge is 0.661 e. The molecular formula is C30H59CuN8O8-. The van der Waals surface area contributed by atoms with Gasteiger partial charge in [0.2, 0.25) is 0 Å². The Morgan fingerprint density at radius 2 is 1.11 bits per heavy atom. The number of carbonyl (C=O) groups is 4. The summed E-state index contributed by atoms with van der Waals surface area (Å²) in [5.74, 6) is -2.37. The minimum absolute atomic E-state index is 0. The maximum absolute atomic E-state index is 10.9. The van der Waals surface area contributed by atoms with Gasteiger partial charge in [-0.1, -0.05) is 6.42 Å². The number of rotatable bonds is 9. The van der Waals surface area contributed by atoms with Crippen LogP contribution in [0.3, 0.4) is 0 Å². The molecule has 0 aromatic carbocycles. The Morgan fingerprint density at radius 1 is 0.617 bits per heavy atom. The number of aliphatic carboxylic acids is 3. The van der Waals surface area contributed by atoms with Crippen LogP contribution in [0.15, 0.2) is 0 Å². The number of carbonyl (C=O) groups excluding carboxylic acids is 1. The summed E-state index contributed by atoms with van der Waals surface area (Å²) in [5, 5.41) is 34.7. The zero-order valence-electron chi connectivity index (χ0n) is 28.4. The predicted molar refractivity (Wildman–Crippen MR) is 175 cm³/mol. The van der Waals surface area contributed by atoms with Crippen LogP contribution in [0.2, 0.25) is 0 Å². The minimum atomic E-state index is -0.802. The Morgan fingerprint density at radius 3 is 1.66 bits per heavy atom. The number of hydrogen-bond acceptors (Lipinski definition) is 12. The summed E-state index contributed by atoms with van der Waals surface area (Å²) in [6.07, 6.45) is 3.62. The smallest absolute Gasteiger partial charge is 0.317 e. The predicted octanol–water partition coefficient (Wildman–Crippen LogP) is -1.02. The number of hydrogen-bond donors (Lipinski definition) is 4. The van der Waals surface area contributed by atoms with E-state index in [1.165, 1.54) is 0 Å². The van der Waals surface area contributed by atoms with E-state index in [0.717, 1.165) is 111 Å². The van der Waals surface area contributed by atoms with Crippen molar-refractivity contribution in [1.82, 2.24) is 34.7 Å². The van der Waals surface area contributed by atoms with E-state index in [9.17, 15) is 19.2 Å². The summed E-state index contributed by atoms with van der Waals surface area (Å²) in [5.41, 5.74) is 0. The molecule has 0 saturated carbocycles. The van der Waals surface area contributed by atoms with Crippen molar-refractivity contribution in [2.24, 2.45) is 0 Å². The summed E-state index contributed by atoms with van der Waals surface area (Å²) in [4.78, 5) is 55.5. The van der Waals surface area contributed by atoms with Gasteiger partial charge in [0.05, 0.1) is 19.6 Å². The Labute approximate surface area is 291 Å². The second-order valence-electron chi connectivity index (χ2n) is 12.0. The first-order valence-corrected chi connectivity index (χ1v) is 16.4. The number of nitrogens with one attached hydrogen (secondary N) is 1. The normalized spacial score (nSPS) is 21.1. The standard InChI is InChI=1S/C15H30N4O4.C15H29N4O4.Cu/c1-17-6-3-8-18(12-15(21)22)9-5-16-4-2-7-19(11-10-17)13-23-14-20;1-17-6-3-8-18(12-14(20)21)9-5-16-4-2-7-19(11-10-17)13-15(22)23;/h14,16H,2-13H2,1H3,(H,21,22);2-13H2,1H3,(H,20,21)(H,22,23);/q;-1;. The molecular weight excluding hydrogens is 664 g/mol. The molecule has 16 nitrogen and oxygen atoms in total. The van der Waals surface area contributed by atoms with Crippen LogP contribution in [0.1, 0.15) is 25.7 Å². The molecule has 0 atom stereocenters. The van der Waals surface area contributed by atoms with Crippen LogP contribution in [-0.2, 0) is 41.0 Å². The van der Waals surface area contributed by atoms with Crippen molar-refractivity contribution in [3.63, 3.8) is 0 Å². The summed E-state index contributed by atoms with van der Waals surface area (Å²) in [7, 11) is 4.08. The average Bonchev–Trinajstić information content (AvgIpc) is 2.98. The van der Waals surface area contributed by atoms with Crippen LogP contribution in [0.4, 0.5) is 0 Å². The van der Waals surface area contributed by atoms with Crippen molar-refractivity contribution < 1.29 is 56.3 Å². The van der Waals surface area contributed by atoms with Gasteiger partial charge >= 0.3 is 17.9 Å². The molecule has 279 valence electrons. The second kappa shape index (κ2) is 29.0. The van der Waals surface area contributed by atoms with Gasteiger partial charge in [0.1, 0.15) is 6.73 Å². The second-order valence-corrected chi connectivity index (χ2v) is 12.0. The SMILES string of the molecule is CN1CCCN(CC(=O)O)CCNCCCN(COC=O)CC1.CN1CCCN(CC(=O)O)CC[N-]CCCN(CC(=O)O)CC1.[Cu]. The third-order valence-corrected chi connectivity index (χ3v) is 7.82. The Balaban J connectivity index is 0.000000882. The third kappa shape index (κ3) is 26.7. The summed E-state index contributed by atoms with van der Waals surface area (Å²) >= 11 is 0. The molecule has 0 aliphatic carbocycles. The molecule has 0 bridgehead atoms. The number of likely N-dealkylation sites (N-methyl/N-ethyl adjacent to an activating group) is 2. The maximum Gasteiger partial charge on any atom is 0.317 e. The molecule has 0 unspecified atom stereocenters. The fourth-order valence-electron chi connectivity index (χ4n) is 5.26. The van der Waals surface area contributed by atoms with E-state index in [4.69, 9.17) is 20.1 Å². The first-order chi connectivity index (χ1) is 22.1.